The molecule has 1 aliphatic heterocycles. The zero-order valence-corrected chi connectivity index (χ0v) is 13.1. The van der Waals surface area contributed by atoms with Crippen molar-refractivity contribution in [3.63, 3.8) is 0 Å². The van der Waals surface area contributed by atoms with Crippen LogP contribution >= 0.6 is 0 Å². The van der Waals surface area contributed by atoms with Gasteiger partial charge >= 0.3 is 5.97 Å². The maximum absolute atomic E-state index is 11.8. The topological polar surface area (TPSA) is 55.8 Å². The van der Waals surface area contributed by atoms with Crippen LogP contribution in [0.4, 0.5) is 0 Å². The summed E-state index contributed by atoms with van der Waals surface area (Å²) in [5.74, 6) is -0.507. The zero-order valence-electron chi connectivity index (χ0n) is 13.1. The lowest BCUT2D eigenvalue weighted by Crippen LogP contribution is -2.61. The van der Waals surface area contributed by atoms with Gasteiger partial charge in [0.2, 0.25) is 0 Å². The van der Waals surface area contributed by atoms with Crippen molar-refractivity contribution in [2.45, 2.75) is 77.1 Å². The van der Waals surface area contributed by atoms with Crippen LogP contribution in [0.15, 0.2) is 0 Å². The molecule has 1 aliphatic rings. The number of aliphatic hydroxyl groups is 1. The van der Waals surface area contributed by atoms with Crippen molar-refractivity contribution in [1.29, 1.82) is 0 Å². The van der Waals surface area contributed by atoms with E-state index in [-0.39, 0.29) is 11.9 Å². The summed E-state index contributed by atoms with van der Waals surface area (Å²) in [6.07, 6.45) is 2.62. The maximum Gasteiger partial charge on any atom is 0.311 e. The summed E-state index contributed by atoms with van der Waals surface area (Å²) in [7, 11) is 1.40. The van der Waals surface area contributed by atoms with Crippen LogP contribution in [0.3, 0.4) is 0 Å². The Hall–Kier alpha value is -0.610. The molecule has 0 radical (unpaired) electrons. The van der Waals surface area contributed by atoms with E-state index in [1.807, 2.05) is 34.6 Å². The van der Waals surface area contributed by atoms with E-state index in [0.717, 1.165) is 0 Å². The van der Waals surface area contributed by atoms with Crippen molar-refractivity contribution in [2.75, 3.05) is 7.11 Å². The number of rotatable bonds is 4. The number of hydrogen-bond acceptors (Lipinski definition) is 4. The lowest BCUT2D eigenvalue weighted by molar-refractivity contribution is -0.265. The molecule has 1 heterocycles. The minimum Gasteiger partial charge on any atom is -0.469 e. The summed E-state index contributed by atoms with van der Waals surface area (Å²) < 4.78 is 11.0. The van der Waals surface area contributed by atoms with E-state index in [1.54, 1.807) is 0 Å². The highest BCUT2D eigenvalue weighted by atomic mass is 16.6. The lowest BCUT2D eigenvalue weighted by atomic mass is 9.70. The van der Waals surface area contributed by atoms with Crippen molar-refractivity contribution in [2.24, 2.45) is 5.92 Å². The second-order valence-electron chi connectivity index (χ2n) is 6.29. The lowest BCUT2D eigenvalue weighted by Gasteiger charge is -2.53. The minimum absolute atomic E-state index is 0.233. The monoisotopic (exact) mass is 272 g/mol. The van der Waals surface area contributed by atoms with E-state index >= 15 is 0 Å². The molecular weight excluding hydrogens is 244 g/mol. The third-order valence-electron chi connectivity index (χ3n) is 4.88. The van der Waals surface area contributed by atoms with Crippen LogP contribution < -0.4 is 0 Å². The molecule has 4 nitrogen and oxygen atoms in total. The van der Waals surface area contributed by atoms with E-state index in [0.29, 0.717) is 25.7 Å². The molecule has 1 fully saturated rings. The summed E-state index contributed by atoms with van der Waals surface area (Å²) in [5.41, 5.74) is -2.10. The van der Waals surface area contributed by atoms with Crippen LogP contribution in [0.5, 0.6) is 0 Å². The highest BCUT2D eigenvalue weighted by molar-refractivity contribution is 5.73. The quantitative estimate of drug-likeness (QED) is 0.799. The Bertz CT molecular complexity index is 333. The molecule has 1 N–H and O–H groups in total. The predicted octanol–water partition coefficient (Wildman–Crippen LogP) is 2.67. The molecule has 0 aromatic rings. The Morgan fingerprint density at radius 3 is 2.26 bits per heavy atom. The maximum atomic E-state index is 11.8. The van der Waals surface area contributed by atoms with Gasteiger partial charge in [-0.15, -0.1) is 0 Å². The van der Waals surface area contributed by atoms with Gasteiger partial charge < -0.3 is 14.6 Å². The highest BCUT2D eigenvalue weighted by Crippen LogP contribution is 2.46. The number of carbonyl (C=O) groups is 1. The number of methoxy groups -OCH3 is 1. The van der Waals surface area contributed by atoms with Gasteiger partial charge in [-0.05, 0) is 46.5 Å². The first-order valence-electron chi connectivity index (χ1n) is 7.16. The molecule has 2 atom stereocenters. The molecule has 1 rings (SSSR count). The first-order chi connectivity index (χ1) is 8.65. The molecule has 0 aromatic carbocycles. The number of hydrogen-bond donors (Lipinski definition) is 1. The summed E-state index contributed by atoms with van der Waals surface area (Å²) in [6.45, 7) is 9.69. The molecular formula is C15H28O4. The Labute approximate surface area is 116 Å². The second-order valence-corrected chi connectivity index (χ2v) is 6.29. The molecule has 0 aromatic heterocycles. The van der Waals surface area contributed by atoms with E-state index in [2.05, 4.69) is 0 Å². The summed E-state index contributed by atoms with van der Waals surface area (Å²) in [4.78, 5) is 11.8. The second kappa shape index (κ2) is 5.41. The third-order valence-corrected chi connectivity index (χ3v) is 4.88. The minimum atomic E-state index is -0.856. The fourth-order valence-electron chi connectivity index (χ4n) is 3.34. The molecule has 0 amide bonds. The normalized spacial score (nSPS) is 31.0. The smallest absolute Gasteiger partial charge is 0.311 e. The average Bonchev–Trinajstić information content (AvgIpc) is 2.35. The van der Waals surface area contributed by atoms with Crippen LogP contribution in [0.2, 0.25) is 0 Å². The van der Waals surface area contributed by atoms with Gasteiger partial charge in [0.25, 0.3) is 0 Å². The van der Waals surface area contributed by atoms with Crippen molar-refractivity contribution >= 4 is 5.97 Å². The predicted molar refractivity (Wildman–Crippen MR) is 73.8 cm³/mol. The van der Waals surface area contributed by atoms with Gasteiger partial charge in [0.1, 0.15) is 0 Å². The number of ether oxygens (including phenoxy) is 2. The molecule has 0 aliphatic carbocycles. The fourth-order valence-corrected chi connectivity index (χ4v) is 3.34. The van der Waals surface area contributed by atoms with Gasteiger partial charge in [0, 0.05) is 0 Å². The van der Waals surface area contributed by atoms with Gasteiger partial charge in [-0.1, -0.05) is 13.8 Å². The molecule has 0 bridgehead atoms. The summed E-state index contributed by atoms with van der Waals surface area (Å²) in [5, 5.41) is 10.8. The molecule has 4 heteroatoms. The van der Waals surface area contributed by atoms with Gasteiger partial charge in [-0.25, -0.2) is 0 Å². The molecule has 0 saturated carbocycles. The van der Waals surface area contributed by atoms with Crippen molar-refractivity contribution < 1.29 is 19.4 Å². The van der Waals surface area contributed by atoms with Gasteiger partial charge in [-0.2, -0.15) is 0 Å². The molecule has 19 heavy (non-hydrogen) atoms. The Morgan fingerprint density at radius 1 is 1.37 bits per heavy atom. The third kappa shape index (κ3) is 2.79. The molecule has 1 saturated heterocycles. The average molecular weight is 272 g/mol. The van der Waals surface area contributed by atoms with Crippen molar-refractivity contribution in [3.8, 4) is 0 Å². The SMILES string of the molecule is CCC(O)(CC)[C@]1(C)CC[C@H](C(=O)OC)C(C)(C)O1. The molecule has 0 unspecified atom stereocenters. The van der Waals surface area contributed by atoms with E-state index in [1.165, 1.54) is 7.11 Å². The van der Waals surface area contributed by atoms with Crippen LogP contribution in [0, 0.1) is 5.92 Å². The van der Waals surface area contributed by atoms with Gasteiger partial charge in [0.05, 0.1) is 29.8 Å². The zero-order chi connectivity index (χ0) is 14.9. The van der Waals surface area contributed by atoms with Crippen molar-refractivity contribution in [3.05, 3.63) is 0 Å². The highest BCUT2D eigenvalue weighted by Gasteiger charge is 2.54. The van der Waals surface area contributed by atoms with Crippen molar-refractivity contribution in [1.82, 2.24) is 0 Å². The van der Waals surface area contributed by atoms with E-state index < -0.39 is 16.8 Å². The van der Waals surface area contributed by atoms with Crippen LogP contribution in [0.25, 0.3) is 0 Å². The Morgan fingerprint density at radius 2 is 1.89 bits per heavy atom. The summed E-state index contributed by atoms with van der Waals surface area (Å²) in [6, 6.07) is 0. The first kappa shape index (κ1) is 16.4. The molecule has 112 valence electrons. The fraction of sp³-hybridized carbons (Fsp3) is 0.933. The first-order valence-corrected chi connectivity index (χ1v) is 7.16. The largest absolute Gasteiger partial charge is 0.469 e. The van der Waals surface area contributed by atoms with Crippen LogP contribution in [-0.2, 0) is 14.3 Å². The van der Waals surface area contributed by atoms with Crippen LogP contribution in [0.1, 0.15) is 60.3 Å². The molecule has 0 spiro atoms. The number of carbonyl (C=O) groups excluding carboxylic acids is 1. The Kier molecular flexibility index (Phi) is 4.68. The number of esters is 1. The van der Waals surface area contributed by atoms with Gasteiger partial charge in [0.15, 0.2) is 0 Å². The van der Waals surface area contributed by atoms with Gasteiger partial charge in [-0.3, -0.25) is 4.79 Å². The summed E-state index contributed by atoms with van der Waals surface area (Å²) >= 11 is 0. The van der Waals surface area contributed by atoms with E-state index in [9.17, 15) is 9.90 Å². The standard InChI is InChI=1S/C15H28O4/c1-7-15(17,8-2)14(5)10-9-11(12(16)18-6)13(3,4)19-14/h11,17H,7-10H2,1-6H3/t11-,14+/m1/s1. The van der Waals surface area contributed by atoms with Crippen LogP contribution in [-0.4, -0.2) is 35.0 Å². The van der Waals surface area contributed by atoms with E-state index in [4.69, 9.17) is 9.47 Å². The Balaban J connectivity index is 3.00.